The molecule has 1 aromatic carbocycles. The first kappa shape index (κ1) is 42.9. The molecule has 4 N–H and O–H groups in total. The maximum atomic E-state index is 14.4. The monoisotopic (exact) mass is 717 g/mol. The molecule has 284 valence electrons. The van der Waals surface area contributed by atoms with Crippen LogP contribution in [0.1, 0.15) is 98.1 Å². The largest absolute Gasteiger partial charge is 0.477 e. The lowest BCUT2D eigenvalue weighted by Gasteiger charge is -2.34. The molecule has 0 aromatic heterocycles. The van der Waals surface area contributed by atoms with Gasteiger partial charge in [0.1, 0.15) is 24.4 Å². The predicted molar refractivity (Wildman–Crippen MR) is 192 cm³/mol. The summed E-state index contributed by atoms with van der Waals surface area (Å²) in [6.07, 6.45) is 4.64. The summed E-state index contributed by atoms with van der Waals surface area (Å²) in [6.45, 7) is 17.3. The molecule has 51 heavy (non-hydrogen) atoms. The van der Waals surface area contributed by atoms with Crippen molar-refractivity contribution in [1.82, 2.24) is 26.2 Å². The van der Waals surface area contributed by atoms with E-state index in [1.807, 2.05) is 20.8 Å². The Labute approximate surface area is 301 Å². The third-order valence-corrected chi connectivity index (χ3v) is 9.14. The van der Waals surface area contributed by atoms with Crippen molar-refractivity contribution in [3.8, 4) is 0 Å². The zero-order valence-electron chi connectivity index (χ0n) is 30.9. The molecule has 1 aromatic rings. The van der Waals surface area contributed by atoms with Gasteiger partial charge in [-0.05, 0) is 64.5 Å². The van der Waals surface area contributed by atoms with Gasteiger partial charge in [0.15, 0.2) is 5.88 Å². The quantitative estimate of drug-likeness (QED) is 0.0576. The summed E-state index contributed by atoms with van der Waals surface area (Å²) in [5.41, 5.74) is 0.319. The first-order valence-corrected chi connectivity index (χ1v) is 17.9. The fourth-order valence-electron chi connectivity index (χ4n) is 5.93. The molecule has 4 amide bonds. The van der Waals surface area contributed by atoms with Gasteiger partial charge in [-0.25, -0.2) is 8.78 Å². The second kappa shape index (κ2) is 20.5. The first-order chi connectivity index (χ1) is 24.0. The maximum Gasteiger partial charge on any atom is 0.249 e. The maximum absolute atomic E-state index is 14.4. The zero-order valence-corrected chi connectivity index (χ0v) is 30.9. The van der Waals surface area contributed by atoms with Gasteiger partial charge in [-0.2, -0.15) is 0 Å². The molecule has 0 bridgehead atoms. The highest BCUT2D eigenvalue weighted by Gasteiger charge is 2.41. The molecule has 13 heteroatoms. The van der Waals surface area contributed by atoms with Gasteiger partial charge in [0, 0.05) is 18.0 Å². The molecule has 6 unspecified atom stereocenters. The third-order valence-electron chi connectivity index (χ3n) is 9.14. The van der Waals surface area contributed by atoms with E-state index in [0.29, 0.717) is 31.2 Å². The standard InChI is InChI=1S/C38H57F2N5O6/c1-9-10-12-16-25(4)34(42-28(7)51-24(2)3)37(50)45-20-15-19-32(45)36(49)44-30(21-26(5)38(8,39)40)27(6)35(48)41-22-33(47)43-31(23-46)29-17-13-11-14-18-29/h11,13-14,17-18,23-26,30-32,34,42H,6-7,9-10,12,15-16,19-22H2,1-5,8H3,(H,41,48)(H,43,47)(H,44,49). The van der Waals surface area contributed by atoms with Crippen LogP contribution in [0, 0.1) is 11.8 Å². The highest BCUT2D eigenvalue weighted by Crippen LogP contribution is 2.29. The van der Waals surface area contributed by atoms with Crippen molar-refractivity contribution in [1.29, 1.82) is 0 Å². The Kier molecular flexibility index (Phi) is 17.3. The molecule has 1 fully saturated rings. The SMILES string of the molecule is C=C(NC(C(=O)N1CCCC1C(=O)NC(CC(C)C(C)(F)F)C(=C)C(=O)NCC(=O)NC(C=O)c1ccccc1)C(C)CCCCC)OC(C)C. The topological polar surface area (TPSA) is 146 Å². The fraction of sp³-hybridized carbons (Fsp3) is 0.605. The van der Waals surface area contributed by atoms with Crippen molar-refractivity contribution in [2.24, 2.45) is 11.8 Å². The van der Waals surface area contributed by atoms with E-state index in [2.05, 4.69) is 41.3 Å². The van der Waals surface area contributed by atoms with Crippen LogP contribution >= 0.6 is 0 Å². The van der Waals surface area contributed by atoms with Gasteiger partial charge in [0.05, 0.1) is 18.7 Å². The number of rotatable bonds is 22. The van der Waals surface area contributed by atoms with E-state index in [1.165, 1.54) is 11.8 Å². The second-order valence-corrected chi connectivity index (χ2v) is 13.8. The summed E-state index contributed by atoms with van der Waals surface area (Å²) in [7, 11) is 0. The minimum atomic E-state index is -3.14. The van der Waals surface area contributed by atoms with Crippen LogP contribution in [0.2, 0.25) is 0 Å². The minimum absolute atomic E-state index is 0.114. The average molecular weight is 718 g/mol. The first-order valence-electron chi connectivity index (χ1n) is 17.9. The van der Waals surface area contributed by atoms with E-state index < -0.39 is 60.3 Å². The van der Waals surface area contributed by atoms with E-state index in [1.54, 1.807) is 30.3 Å². The number of unbranched alkanes of at least 4 members (excludes halogenated alkanes) is 2. The molecule has 2 rings (SSSR count). The van der Waals surface area contributed by atoms with Crippen molar-refractivity contribution in [3.63, 3.8) is 0 Å². The fourth-order valence-corrected chi connectivity index (χ4v) is 5.93. The molecule has 1 aliphatic rings. The molecule has 0 aliphatic carbocycles. The number of amides is 4. The molecule has 0 saturated carbocycles. The van der Waals surface area contributed by atoms with Crippen LogP contribution in [0.25, 0.3) is 0 Å². The van der Waals surface area contributed by atoms with E-state index in [0.717, 1.165) is 32.6 Å². The Morgan fingerprint density at radius 2 is 1.71 bits per heavy atom. The van der Waals surface area contributed by atoms with Crippen molar-refractivity contribution < 1.29 is 37.5 Å². The Bertz CT molecular complexity index is 1350. The smallest absolute Gasteiger partial charge is 0.249 e. The number of likely N-dealkylation sites (tertiary alicyclic amines) is 1. The van der Waals surface area contributed by atoms with Gasteiger partial charge in [0.2, 0.25) is 29.6 Å². The molecule has 6 atom stereocenters. The van der Waals surface area contributed by atoms with Crippen molar-refractivity contribution in [2.75, 3.05) is 13.1 Å². The summed E-state index contributed by atoms with van der Waals surface area (Å²) >= 11 is 0. The van der Waals surface area contributed by atoms with Crippen LogP contribution in [-0.4, -0.2) is 78.1 Å². The summed E-state index contributed by atoms with van der Waals surface area (Å²) in [5, 5.41) is 10.8. The number of hydrogen-bond acceptors (Lipinski definition) is 7. The minimum Gasteiger partial charge on any atom is -0.477 e. The Morgan fingerprint density at radius 3 is 2.29 bits per heavy atom. The van der Waals surface area contributed by atoms with Gasteiger partial charge >= 0.3 is 0 Å². The van der Waals surface area contributed by atoms with Crippen LogP contribution in [0.5, 0.6) is 0 Å². The average Bonchev–Trinajstić information content (AvgIpc) is 3.57. The molecular formula is C38H57F2N5O6. The Morgan fingerprint density at radius 1 is 1.04 bits per heavy atom. The van der Waals surface area contributed by atoms with Crippen molar-refractivity contribution >= 4 is 29.9 Å². The number of nitrogens with one attached hydrogen (secondary N) is 4. The number of hydrogen-bond donors (Lipinski definition) is 4. The molecule has 11 nitrogen and oxygen atoms in total. The Balaban J connectivity index is 2.21. The third kappa shape index (κ3) is 13.7. The van der Waals surface area contributed by atoms with Gasteiger partial charge in [-0.3, -0.25) is 19.2 Å². The second-order valence-electron chi connectivity index (χ2n) is 13.8. The number of benzene rings is 1. The van der Waals surface area contributed by atoms with Gasteiger partial charge in [-0.15, -0.1) is 0 Å². The van der Waals surface area contributed by atoms with Crippen LogP contribution in [0.3, 0.4) is 0 Å². The number of alkyl halides is 2. The number of carbonyl (C=O) groups is 5. The van der Waals surface area contributed by atoms with Crippen LogP contribution in [0.4, 0.5) is 8.78 Å². The highest BCUT2D eigenvalue weighted by molar-refractivity contribution is 5.98. The predicted octanol–water partition coefficient (Wildman–Crippen LogP) is 4.94. The van der Waals surface area contributed by atoms with Gasteiger partial charge < -0.3 is 35.7 Å². The number of aldehydes is 1. The van der Waals surface area contributed by atoms with Crippen LogP contribution in [-0.2, 0) is 28.7 Å². The van der Waals surface area contributed by atoms with E-state index in [4.69, 9.17) is 4.74 Å². The number of halogens is 2. The summed E-state index contributed by atoms with van der Waals surface area (Å²) in [6, 6.07) is 4.72. The lowest BCUT2D eigenvalue weighted by molar-refractivity contribution is -0.141. The summed E-state index contributed by atoms with van der Waals surface area (Å²) in [4.78, 5) is 66.8. The normalized spacial score (nSPS) is 17.4. The molecule has 0 radical (unpaired) electrons. The highest BCUT2D eigenvalue weighted by atomic mass is 19.3. The lowest BCUT2D eigenvalue weighted by atomic mass is 9.91. The number of nitrogens with zero attached hydrogens (tertiary/aromatic N) is 1. The van der Waals surface area contributed by atoms with E-state index in [-0.39, 0.29) is 35.8 Å². The van der Waals surface area contributed by atoms with Gasteiger partial charge in [-0.1, -0.05) is 76.9 Å². The van der Waals surface area contributed by atoms with Crippen molar-refractivity contribution in [3.05, 3.63) is 60.5 Å². The number of ether oxygens (including phenoxy) is 1. The number of carbonyl (C=O) groups excluding carboxylic acids is 5. The summed E-state index contributed by atoms with van der Waals surface area (Å²) in [5.74, 6) is -6.67. The van der Waals surface area contributed by atoms with E-state index in [9.17, 15) is 32.8 Å². The van der Waals surface area contributed by atoms with E-state index >= 15 is 0 Å². The Hall–Kier alpha value is -4.29. The van der Waals surface area contributed by atoms with Crippen LogP contribution in [0.15, 0.2) is 54.9 Å². The zero-order chi connectivity index (χ0) is 38.3. The van der Waals surface area contributed by atoms with Crippen LogP contribution < -0.4 is 21.3 Å². The molecule has 1 aliphatic heterocycles. The lowest BCUT2D eigenvalue weighted by Crippen LogP contribution is -2.56. The summed E-state index contributed by atoms with van der Waals surface area (Å²) < 4.78 is 34.4. The molecule has 1 saturated heterocycles. The van der Waals surface area contributed by atoms with Gasteiger partial charge in [0.25, 0.3) is 0 Å². The molecule has 0 spiro atoms. The molecule has 1 heterocycles. The molecular weight excluding hydrogens is 660 g/mol. The van der Waals surface area contributed by atoms with Crippen molar-refractivity contribution in [2.45, 2.75) is 123 Å².